The molecular formula is C19H28ClIN4O3. The summed E-state index contributed by atoms with van der Waals surface area (Å²) in [5, 5.41) is 3.98. The van der Waals surface area contributed by atoms with Crippen molar-refractivity contribution in [2.75, 3.05) is 33.3 Å². The highest BCUT2D eigenvalue weighted by Gasteiger charge is 2.36. The van der Waals surface area contributed by atoms with Crippen LogP contribution in [0.4, 0.5) is 4.79 Å². The van der Waals surface area contributed by atoms with Gasteiger partial charge in [0.1, 0.15) is 11.4 Å². The molecule has 1 atom stereocenters. The van der Waals surface area contributed by atoms with Crippen molar-refractivity contribution < 1.29 is 14.3 Å². The van der Waals surface area contributed by atoms with Crippen molar-refractivity contribution in [3.05, 3.63) is 28.8 Å². The number of fused-ring (bicyclic) bond motifs is 1. The molecule has 2 aliphatic rings. The number of rotatable bonds is 3. The van der Waals surface area contributed by atoms with Gasteiger partial charge in [0.15, 0.2) is 5.96 Å². The number of piperazine rings is 1. The van der Waals surface area contributed by atoms with E-state index in [4.69, 9.17) is 21.1 Å². The van der Waals surface area contributed by atoms with Crippen molar-refractivity contribution in [2.24, 2.45) is 4.99 Å². The molecule has 1 aromatic rings. The number of nitrogens with one attached hydrogen (secondary N) is 1. The van der Waals surface area contributed by atoms with E-state index in [-0.39, 0.29) is 36.1 Å². The van der Waals surface area contributed by atoms with Gasteiger partial charge in [-0.05, 0) is 38.5 Å². The van der Waals surface area contributed by atoms with E-state index in [2.05, 4.69) is 15.2 Å². The number of amides is 1. The van der Waals surface area contributed by atoms with Crippen LogP contribution >= 0.6 is 35.6 Å². The summed E-state index contributed by atoms with van der Waals surface area (Å²) in [5.74, 6) is 1.53. The molecule has 1 unspecified atom stereocenters. The molecule has 2 aliphatic heterocycles. The molecule has 7 nitrogen and oxygen atoms in total. The first-order valence-corrected chi connectivity index (χ1v) is 9.50. The van der Waals surface area contributed by atoms with Crippen molar-refractivity contribution in [1.82, 2.24) is 15.1 Å². The number of ether oxygens (including phenoxy) is 2. The molecular weight excluding hydrogens is 495 g/mol. The number of methoxy groups -OCH3 is 1. The Morgan fingerprint density at radius 1 is 1.36 bits per heavy atom. The maximum atomic E-state index is 12.3. The summed E-state index contributed by atoms with van der Waals surface area (Å²) in [6, 6.07) is 5.91. The van der Waals surface area contributed by atoms with Gasteiger partial charge >= 0.3 is 6.09 Å². The van der Waals surface area contributed by atoms with Crippen LogP contribution in [0.5, 0.6) is 5.75 Å². The Hall–Kier alpha value is -1.42. The van der Waals surface area contributed by atoms with E-state index in [1.165, 1.54) is 0 Å². The lowest BCUT2D eigenvalue weighted by Crippen LogP contribution is -2.57. The van der Waals surface area contributed by atoms with Gasteiger partial charge in [-0.1, -0.05) is 17.7 Å². The molecule has 0 saturated carbocycles. The number of halogens is 2. The molecule has 3 rings (SSSR count). The molecule has 1 N–H and O–H groups in total. The first kappa shape index (κ1) is 22.9. The minimum Gasteiger partial charge on any atom is -0.495 e. The van der Waals surface area contributed by atoms with Crippen molar-refractivity contribution in [1.29, 1.82) is 0 Å². The third-order valence-corrected chi connectivity index (χ3v) is 4.82. The molecule has 0 aliphatic carbocycles. The highest BCUT2D eigenvalue weighted by molar-refractivity contribution is 14.0. The quantitative estimate of drug-likeness (QED) is 0.617. The Morgan fingerprint density at radius 3 is 2.75 bits per heavy atom. The van der Waals surface area contributed by atoms with Gasteiger partial charge in [0.05, 0.1) is 24.7 Å². The summed E-state index contributed by atoms with van der Waals surface area (Å²) >= 11 is 6.18. The number of benzene rings is 1. The van der Waals surface area contributed by atoms with E-state index < -0.39 is 5.60 Å². The second kappa shape index (κ2) is 9.39. The lowest BCUT2D eigenvalue weighted by atomic mass is 10.2. The average molecular weight is 523 g/mol. The molecule has 1 aromatic carbocycles. The zero-order valence-electron chi connectivity index (χ0n) is 16.7. The number of carbonyl (C=O) groups excluding carboxylic acids is 1. The van der Waals surface area contributed by atoms with Gasteiger partial charge in [-0.15, -0.1) is 24.0 Å². The third kappa shape index (κ3) is 5.56. The molecule has 1 fully saturated rings. The van der Waals surface area contributed by atoms with Crippen LogP contribution in [0.3, 0.4) is 0 Å². The summed E-state index contributed by atoms with van der Waals surface area (Å²) in [7, 11) is 1.60. The molecule has 0 spiro atoms. The predicted octanol–water partition coefficient (Wildman–Crippen LogP) is 3.35. The molecule has 1 saturated heterocycles. The van der Waals surface area contributed by atoms with E-state index in [1.807, 2.05) is 39.0 Å². The number of hydrogen-bond donors (Lipinski definition) is 1. The van der Waals surface area contributed by atoms with Crippen LogP contribution in [0.25, 0.3) is 0 Å². The van der Waals surface area contributed by atoms with Crippen LogP contribution in [0.2, 0.25) is 5.02 Å². The van der Waals surface area contributed by atoms with Gasteiger partial charge in [0.25, 0.3) is 0 Å². The fourth-order valence-corrected chi connectivity index (χ4v) is 3.50. The van der Waals surface area contributed by atoms with Crippen molar-refractivity contribution in [3.8, 4) is 5.75 Å². The number of hydrogen-bond acceptors (Lipinski definition) is 6. The molecule has 0 aromatic heterocycles. The molecule has 28 heavy (non-hydrogen) atoms. The van der Waals surface area contributed by atoms with Crippen LogP contribution in [0.1, 0.15) is 26.3 Å². The van der Waals surface area contributed by atoms with Crippen molar-refractivity contribution in [3.63, 3.8) is 0 Å². The highest BCUT2D eigenvalue weighted by atomic mass is 127. The number of carbonyl (C=O) groups is 1. The second-order valence-corrected chi connectivity index (χ2v) is 8.17. The Kier molecular flexibility index (Phi) is 7.66. The van der Waals surface area contributed by atoms with Crippen LogP contribution in [-0.2, 0) is 11.3 Å². The maximum absolute atomic E-state index is 12.3. The predicted molar refractivity (Wildman–Crippen MR) is 121 cm³/mol. The highest BCUT2D eigenvalue weighted by Crippen LogP contribution is 2.25. The third-order valence-electron chi connectivity index (χ3n) is 4.53. The first-order chi connectivity index (χ1) is 12.8. The van der Waals surface area contributed by atoms with Crippen LogP contribution in [-0.4, -0.2) is 66.8 Å². The summed E-state index contributed by atoms with van der Waals surface area (Å²) in [6.45, 7) is 8.93. The number of guanidine groups is 1. The fraction of sp³-hybridized carbons (Fsp3) is 0.579. The van der Waals surface area contributed by atoms with E-state index >= 15 is 0 Å². The standard InChI is InChI=1S/C19H27ClN4O3.HI/c1-19(2,3)27-18(25)23-7-8-24-14(12-23)11-22-17(24)21-10-13-5-6-16(26-4)15(20)9-13;/h5-6,9,14H,7-8,10-12H2,1-4H3,(H,21,22);1H. The van der Waals surface area contributed by atoms with E-state index in [1.54, 1.807) is 12.0 Å². The Balaban J connectivity index is 0.00000280. The van der Waals surface area contributed by atoms with Gasteiger partial charge in [-0.2, -0.15) is 0 Å². The van der Waals surface area contributed by atoms with Gasteiger partial charge in [-0.25, -0.2) is 4.79 Å². The molecule has 2 heterocycles. The number of nitrogens with zero attached hydrogens (tertiary/aromatic N) is 3. The Bertz CT molecular complexity index is 738. The maximum Gasteiger partial charge on any atom is 0.410 e. The second-order valence-electron chi connectivity index (χ2n) is 7.76. The Labute approximate surface area is 188 Å². The normalized spacial score (nSPS) is 18.8. The van der Waals surface area contributed by atoms with Crippen LogP contribution in [0.15, 0.2) is 23.2 Å². The summed E-state index contributed by atoms with van der Waals surface area (Å²) in [6.07, 6.45) is -0.253. The number of aliphatic imine (C=N–C) groups is 1. The molecule has 1 amide bonds. The SMILES string of the molecule is COc1ccc(CNC2=NCC3CN(C(=O)OC(C)(C)C)CCN23)cc1Cl.I. The minimum atomic E-state index is -0.479. The lowest BCUT2D eigenvalue weighted by Gasteiger charge is -2.39. The topological polar surface area (TPSA) is 66.4 Å². The minimum absolute atomic E-state index is 0. The van der Waals surface area contributed by atoms with Gasteiger partial charge in [0.2, 0.25) is 0 Å². The smallest absolute Gasteiger partial charge is 0.410 e. The van der Waals surface area contributed by atoms with Crippen LogP contribution < -0.4 is 10.1 Å². The first-order valence-electron chi connectivity index (χ1n) is 9.12. The fourth-order valence-electron chi connectivity index (χ4n) is 3.22. The zero-order valence-corrected chi connectivity index (χ0v) is 19.8. The van der Waals surface area contributed by atoms with E-state index in [0.717, 1.165) is 18.1 Å². The van der Waals surface area contributed by atoms with Crippen LogP contribution in [0, 0.1) is 0 Å². The van der Waals surface area contributed by atoms with Crippen molar-refractivity contribution >= 4 is 47.6 Å². The van der Waals surface area contributed by atoms with Gasteiger partial charge in [-0.3, -0.25) is 4.99 Å². The Morgan fingerprint density at radius 2 is 2.11 bits per heavy atom. The van der Waals surface area contributed by atoms with Gasteiger partial charge in [0, 0.05) is 26.2 Å². The largest absolute Gasteiger partial charge is 0.495 e. The summed E-state index contributed by atoms with van der Waals surface area (Å²) in [5.41, 5.74) is 0.576. The molecule has 0 bridgehead atoms. The zero-order chi connectivity index (χ0) is 19.6. The monoisotopic (exact) mass is 522 g/mol. The van der Waals surface area contributed by atoms with Gasteiger partial charge < -0.3 is 24.6 Å². The molecule has 0 radical (unpaired) electrons. The van der Waals surface area contributed by atoms with E-state index in [0.29, 0.717) is 37.0 Å². The average Bonchev–Trinajstić information content (AvgIpc) is 3.01. The molecule has 156 valence electrons. The summed E-state index contributed by atoms with van der Waals surface area (Å²) < 4.78 is 10.7. The lowest BCUT2D eigenvalue weighted by molar-refractivity contribution is 0.0137. The van der Waals surface area contributed by atoms with Crippen molar-refractivity contribution in [2.45, 2.75) is 39.0 Å². The summed E-state index contributed by atoms with van der Waals surface area (Å²) in [4.78, 5) is 20.9. The van der Waals surface area contributed by atoms with E-state index in [9.17, 15) is 4.79 Å². The molecule has 9 heteroatoms.